The van der Waals surface area contributed by atoms with E-state index in [9.17, 15) is 4.39 Å². The van der Waals surface area contributed by atoms with Crippen molar-refractivity contribution in [2.45, 2.75) is 32.9 Å². The fourth-order valence-electron chi connectivity index (χ4n) is 3.06. The summed E-state index contributed by atoms with van der Waals surface area (Å²) in [5.41, 5.74) is 2.77. The molecule has 2 N–H and O–H groups in total. The monoisotopic (exact) mass is 355 g/mol. The van der Waals surface area contributed by atoms with Gasteiger partial charge in [-0.1, -0.05) is 18.2 Å². The van der Waals surface area contributed by atoms with E-state index < -0.39 is 0 Å². The van der Waals surface area contributed by atoms with Crippen molar-refractivity contribution in [3.8, 4) is 0 Å². The van der Waals surface area contributed by atoms with E-state index in [0.29, 0.717) is 24.6 Å². The molecular weight excluding hydrogens is 329 g/mol. The summed E-state index contributed by atoms with van der Waals surface area (Å²) in [6.45, 7) is 5.21. The second-order valence-electron chi connectivity index (χ2n) is 6.58. The lowest BCUT2D eigenvalue weighted by molar-refractivity contribution is 0.617. The lowest BCUT2D eigenvalue weighted by atomic mass is 10.1. The minimum absolute atomic E-state index is 0.180. The van der Waals surface area contributed by atoms with E-state index in [1.807, 2.05) is 12.3 Å². The Kier molecular flexibility index (Phi) is 6.04. The van der Waals surface area contributed by atoms with E-state index in [1.165, 1.54) is 18.9 Å². The molecule has 5 nitrogen and oxygen atoms in total. The summed E-state index contributed by atoms with van der Waals surface area (Å²) in [6, 6.07) is 9.31. The minimum Gasteiger partial charge on any atom is -0.357 e. The SMILES string of the molecule is CN=C(NCc1ccc(N2CCCC2)nc1)NCc1ccc(F)c(C)c1. The maximum atomic E-state index is 13.3. The van der Waals surface area contributed by atoms with Crippen molar-refractivity contribution in [2.75, 3.05) is 25.0 Å². The number of pyridine rings is 1. The van der Waals surface area contributed by atoms with Crippen LogP contribution in [0.4, 0.5) is 10.2 Å². The summed E-state index contributed by atoms with van der Waals surface area (Å²) in [6.07, 6.45) is 4.42. The van der Waals surface area contributed by atoms with E-state index in [2.05, 4.69) is 37.6 Å². The zero-order valence-corrected chi connectivity index (χ0v) is 15.4. The number of benzene rings is 1. The third kappa shape index (κ3) is 4.71. The molecule has 0 radical (unpaired) electrons. The second kappa shape index (κ2) is 8.65. The fraction of sp³-hybridized carbons (Fsp3) is 0.400. The van der Waals surface area contributed by atoms with Crippen molar-refractivity contribution in [1.82, 2.24) is 15.6 Å². The molecular formula is C20H26FN5. The fourth-order valence-corrected chi connectivity index (χ4v) is 3.06. The number of guanidine groups is 1. The van der Waals surface area contributed by atoms with Gasteiger partial charge in [-0.2, -0.15) is 0 Å². The summed E-state index contributed by atoms with van der Waals surface area (Å²) in [7, 11) is 1.74. The van der Waals surface area contributed by atoms with Gasteiger partial charge in [0, 0.05) is 39.4 Å². The molecule has 1 fully saturated rings. The summed E-state index contributed by atoms with van der Waals surface area (Å²) in [5, 5.41) is 6.53. The Balaban J connectivity index is 1.49. The normalized spacial score (nSPS) is 14.6. The Hall–Kier alpha value is -2.63. The predicted molar refractivity (Wildman–Crippen MR) is 104 cm³/mol. The molecule has 2 heterocycles. The standard InChI is InChI=1S/C20H26FN5/c1-15-11-16(5-7-18(15)21)12-24-20(22-2)25-14-17-6-8-19(23-13-17)26-9-3-4-10-26/h5-8,11,13H,3-4,9-10,12,14H2,1-2H3,(H2,22,24,25). The van der Waals surface area contributed by atoms with Crippen LogP contribution >= 0.6 is 0 Å². The minimum atomic E-state index is -0.180. The zero-order chi connectivity index (χ0) is 18.4. The van der Waals surface area contributed by atoms with Gasteiger partial charge in [-0.3, -0.25) is 4.99 Å². The Morgan fingerprint density at radius 1 is 1.12 bits per heavy atom. The van der Waals surface area contributed by atoms with Crippen LogP contribution in [-0.4, -0.2) is 31.1 Å². The molecule has 3 rings (SSSR count). The van der Waals surface area contributed by atoms with E-state index in [4.69, 9.17) is 0 Å². The Morgan fingerprint density at radius 3 is 2.42 bits per heavy atom. The Morgan fingerprint density at radius 2 is 1.81 bits per heavy atom. The summed E-state index contributed by atoms with van der Waals surface area (Å²) in [5.74, 6) is 1.58. The number of rotatable bonds is 5. The predicted octanol–water partition coefficient (Wildman–Crippen LogP) is 2.99. The first kappa shape index (κ1) is 18.2. The number of hydrogen-bond acceptors (Lipinski definition) is 3. The molecule has 2 aromatic rings. The molecule has 1 aliphatic rings. The highest BCUT2D eigenvalue weighted by Gasteiger charge is 2.12. The number of aliphatic imine (C=N–C) groups is 1. The highest BCUT2D eigenvalue weighted by atomic mass is 19.1. The molecule has 0 unspecified atom stereocenters. The van der Waals surface area contributed by atoms with Crippen LogP contribution in [0.2, 0.25) is 0 Å². The van der Waals surface area contributed by atoms with Gasteiger partial charge in [0.25, 0.3) is 0 Å². The molecule has 0 saturated carbocycles. The number of aryl methyl sites for hydroxylation is 1. The lowest BCUT2D eigenvalue weighted by Gasteiger charge is -2.16. The molecule has 0 atom stereocenters. The van der Waals surface area contributed by atoms with Crippen molar-refractivity contribution < 1.29 is 4.39 Å². The van der Waals surface area contributed by atoms with E-state index in [1.54, 1.807) is 20.0 Å². The van der Waals surface area contributed by atoms with Gasteiger partial charge in [-0.05, 0) is 48.6 Å². The third-order valence-corrected chi connectivity index (χ3v) is 4.61. The van der Waals surface area contributed by atoms with Gasteiger partial charge in [-0.25, -0.2) is 9.37 Å². The molecule has 0 bridgehead atoms. The number of nitrogens with one attached hydrogen (secondary N) is 2. The van der Waals surface area contributed by atoms with Crippen molar-refractivity contribution in [1.29, 1.82) is 0 Å². The van der Waals surface area contributed by atoms with Crippen LogP contribution in [0.3, 0.4) is 0 Å². The highest BCUT2D eigenvalue weighted by molar-refractivity contribution is 5.79. The van der Waals surface area contributed by atoms with Crippen LogP contribution in [0.1, 0.15) is 29.5 Å². The van der Waals surface area contributed by atoms with E-state index >= 15 is 0 Å². The maximum Gasteiger partial charge on any atom is 0.191 e. The van der Waals surface area contributed by atoms with Gasteiger partial charge >= 0.3 is 0 Å². The van der Waals surface area contributed by atoms with Crippen molar-refractivity contribution in [2.24, 2.45) is 4.99 Å². The molecule has 1 aromatic carbocycles. The average Bonchev–Trinajstić information content (AvgIpc) is 3.20. The number of hydrogen-bond donors (Lipinski definition) is 2. The first-order valence-corrected chi connectivity index (χ1v) is 9.05. The van der Waals surface area contributed by atoms with Crippen LogP contribution in [0.5, 0.6) is 0 Å². The van der Waals surface area contributed by atoms with Crippen molar-refractivity contribution in [3.05, 3.63) is 59.0 Å². The Labute approximate surface area is 154 Å². The van der Waals surface area contributed by atoms with E-state index in [-0.39, 0.29) is 5.82 Å². The first-order valence-electron chi connectivity index (χ1n) is 9.05. The van der Waals surface area contributed by atoms with Crippen LogP contribution in [0.25, 0.3) is 0 Å². The summed E-state index contributed by atoms with van der Waals surface area (Å²) in [4.78, 5) is 11.1. The largest absolute Gasteiger partial charge is 0.357 e. The summed E-state index contributed by atoms with van der Waals surface area (Å²) < 4.78 is 13.3. The van der Waals surface area contributed by atoms with Gasteiger partial charge < -0.3 is 15.5 Å². The molecule has 1 aromatic heterocycles. The lowest BCUT2D eigenvalue weighted by Crippen LogP contribution is -2.36. The second-order valence-corrected chi connectivity index (χ2v) is 6.58. The zero-order valence-electron chi connectivity index (χ0n) is 15.4. The molecule has 26 heavy (non-hydrogen) atoms. The molecule has 0 spiro atoms. The Bertz CT molecular complexity index is 751. The van der Waals surface area contributed by atoms with Gasteiger partial charge in [0.05, 0.1) is 0 Å². The topological polar surface area (TPSA) is 52.6 Å². The highest BCUT2D eigenvalue weighted by Crippen LogP contribution is 2.17. The molecule has 0 amide bonds. The maximum absolute atomic E-state index is 13.3. The molecule has 1 aliphatic heterocycles. The van der Waals surface area contributed by atoms with Crippen molar-refractivity contribution in [3.63, 3.8) is 0 Å². The van der Waals surface area contributed by atoms with E-state index in [0.717, 1.165) is 30.0 Å². The third-order valence-electron chi connectivity index (χ3n) is 4.61. The number of nitrogens with zero attached hydrogens (tertiary/aromatic N) is 3. The van der Waals surface area contributed by atoms with Gasteiger partial charge in [0.2, 0.25) is 0 Å². The number of aromatic nitrogens is 1. The van der Waals surface area contributed by atoms with Crippen LogP contribution in [0, 0.1) is 12.7 Å². The van der Waals surface area contributed by atoms with Crippen LogP contribution in [0.15, 0.2) is 41.5 Å². The van der Waals surface area contributed by atoms with Gasteiger partial charge in [0.15, 0.2) is 5.96 Å². The smallest absolute Gasteiger partial charge is 0.191 e. The van der Waals surface area contributed by atoms with Crippen LogP contribution in [-0.2, 0) is 13.1 Å². The quantitative estimate of drug-likeness (QED) is 0.639. The first-order chi connectivity index (χ1) is 12.7. The van der Waals surface area contributed by atoms with Gasteiger partial charge in [-0.15, -0.1) is 0 Å². The number of anilines is 1. The molecule has 1 saturated heterocycles. The van der Waals surface area contributed by atoms with Gasteiger partial charge in [0.1, 0.15) is 11.6 Å². The van der Waals surface area contributed by atoms with Crippen LogP contribution < -0.4 is 15.5 Å². The molecule has 6 heteroatoms. The average molecular weight is 355 g/mol. The number of halogens is 1. The summed E-state index contributed by atoms with van der Waals surface area (Å²) >= 11 is 0. The molecule has 0 aliphatic carbocycles. The van der Waals surface area contributed by atoms with Crippen molar-refractivity contribution >= 4 is 11.8 Å². The molecule has 138 valence electrons.